The molecule has 4 fully saturated rings. The summed E-state index contributed by atoms with van der Waals surface area (Å²) in [6.07, 6.45) is 9.07. The number of carbonyl (C=O) groups excluding carboxylic acids is 1. The van der Waals surface area contributed by atoms with Crippen LogP contribution in [-0.4, -0.2) is 47.4 Å². The zero-order valence-electron chi connectivity index (χ0n) is 14.4. The fraction of sp³-hybridized carbons (Fsp3) is 0.750. The van der Waals surface area contributed by atoms with Gasteiger partial charge in [0, 0.05) is 49.5 Å². The van der Waals surface area contributed by atoms with Crippen LogP contribution in [0.5, 0.6) is 0 Å². The Morgan fingerprint density at radius 2 is 1.92 bits per heavy atom. The van der Waals surface area contributed by atoms with Crippen LogP contribution in [0.3, 0.4) is 0 Å². The van der Waals surface area contributed by atoms with Crippen molar-refractivity contribution in [1.82, 2.24) is 9.80 Å². The summed E-state index contributed by atoms with van der Waals surface area (Å²) in [6, 6.07) is 3.62. The third-order valence-corrected chi connectivity index (χ3v) is 7.69. The van der Waals surface area contributed by atoms with Crippen molar-refractivity contribution < 1.29 is 4.79 Å². The van der Waals surface area contributed by atoms with E-state index >= 15 is 0 Å². The number of thiophene rings is 1. The second-order valence-electron chi connectivity index (χ2n) is 8.38. The summed E-state index contributed by atoms with van der Waals surface area (Å²) >= 11 is 1.80. The van der Waals surface area contributed by atoms with Crippen LogP contribution in [0, 0.1) is 11.8 Å². The zero-order valence-corrected chi connectivity index (χ0v) is 15.2. The van der Waals surface area contributed by atoms with Crippen molar-refractivity contribution >= 4 is 17.2 Å². The van der Waals surface area contributed by atoms with Gasteiger partial charge in [0.1, 0.15) is 0 Å². The monoisotopic (exact) mass is 344 g/mol. The summed E-state index contributed by atoms with van der Waals surface area (Å²) in [5.41, 5.74) is 1.48. The largest absolute Gasteiger partial charge is 0.338 e. The highest BCUT2D eigenvalue weighted by atomic mass is 32.1. The second-order valence-corrected chi connectivity index (χ2v) is 9.16. The fourth-order valence-corrected chi connectivity index (χ4v) is 6.24. The Bertz CT molecular complexity index is 591. The van der Waals surface area contributed by atoms with Gasteiger partial charge in [-0.3, -0.25) is 9.69 Å². The van der Waals surface area contributed by atoms with Gasteiger partial charge in [-0.15, -0.1) is 0 Å². The maximum atomic E-state index is 12.8. The molecule has 1 aromatic heterocycles. The molecule has 1 amide bonds. The minimum absolute atomic E-state index is 0.361. The predicted molar refractivity (Wildman–Crippen MR) is 97.2 cm³/mol. The first-order valence-corrected chi connectivity index (χ1v) is 10.8. The lowest BCUT2D eigenvalue weighted by atomic mass is 9.82. The third-order valence-electron chi connectivity index (χ3n) is 6.98. The molecule has 2 aliphatic carbocycles. The molecule has 24 heavy (non-hydrogen) atoms. The fourth-order valence-electron chi connectivity index (χ4n) is 5.52. The van der Waals surface area contributed by atoms with E-state index in [0.29, 0.717) is 29.7 Å². The van der Waals surface area contributed by atoms with Gasteiger partial charge in [0.05, 0.1) is 0 Å². The maximum Gasteiger partial charge on any atom is 0.225 e. The SMILES string of the molecule is O=C(C1CC1)N1C[C@@H](c2ccsc2)[C@@H]2CN(C3CCCC3)CC[C@@H]21. The molecule has 2 saturated heterocycles. The van der Waals surface area contributed by atoms with Gasteiger partial charge in [0.2, 0.25) is 5.91 Å². The predicted octanol–water partition coefficient (Wildman–Crippen LogP) is 3.72. The summed E-state index contributed by atoms with van der Waals surface area (Å²) in [6.45, 7) is 3.39. The average Bonchev–Trinajstić information content (AvgIpc) is 3.04. The van der Waals surface area contributed by atoms with E-state index in [1.165, 1.54) is 50.8 Å². The van der Waals surface area contributed by atoms with E-state index in [0.717, 1.165) is 25.4 Å². The second kappa shape index (κ2) is 6.14. The van der Waals surface area contributed by atoms with Gasteiger partial charge in [0.25, 0.3) is 0 Å². The molecule has 0 radical (unpaired) electrons. The minimum atomic E-state index is 0.361. The first-order valence-electron chi connectivity index (χ1n) is 9.88. The normalized spacial score (nSPS) is 34.7. The molecule has 2 aliphatic heterocycles. The van der Waals surface area contributed by atoms with Gasteiger partial charge in [-0.05, 0) is 54.5 Å². The number of carbonyl (C=O) groups is 1. The molecule has 3 nitrogen and oxygen atoms in total. The van der Waals surface area contributed by atoms with Gasteiger partial charge in [0.15, 0.2) is 0 Å². The van der Waals surface area contributed by atoms with Crippen LogP contribution >= 0.6 is 11.3 Å². The summed E-state index contributed by atoms with van der Waals surface area (Å²) in [5, 5.41) is 4.52. The number of likely N-dealkylation sites (tertiary alicyclic amines) is 2. The lowest BCUT2D eigenvalue weighted by Crippen LogP contribution is -2.50. The molecule has 4 heteroatoms. The highest BCUT2D eigenvalue weighted by molar-refractivity contribution is 7.08. The molecule has 0 N–H and O–H groups in total. The number of hydrogen-bond acceptors (Lipinski definition) is 3. The van der Waals surface area contributed by atoms with E-state index in [4.69, 9.17) is 0 Å². The van der Waals surface area contributed by atoms with Gasteiger partial charge in [-0.2, -0.15) is 11.3 Å². The molecule has 3 atom stereocenters. The van der Waals surface area contributed by atoms with Crippen LogP contribution in [0.15, 0.2) is 16.8 Å². The molecule has 3 heterocycles. The standard InChI is InChI=1S/C20H28N2OS/c23-20(14-5-6-14)22-12-17(15-8-10-24-13-15)18-11-21(9-7-19(18)22)16-3-1-2-4-16/h8,10,13-14,16-19H,1-7,9,11-12H2/t17-,18-,19-/m0/s1. The number of amides is 1. The Kier molecular flexibility index (Phi) is 3.93. The summed E-state index contributed by atoms with van der Waals surface area (Å²) in [7, 11) is 0. The van der Waals surface area contributed by atoms with Crippen LogP contribution in [0.1, 0.15) is 56.4 Å². The van der Waals surface area contributed by atoms with Gasteiger partial charge in [-0.1, -0.05) is 12.8 Å². The highest BCUT2D eigenvalue weighted by Gasteiger charge is 2.50. The van der Waals surface area contributed by atoms with Crippen molar-refractivity contribution in [1.29, 1.82) is 0 Å². The number of hydrogen-bond donors (Lipinski definition) is 0. The molecular weight excluding hydrogens is 316 g/mol. The molecule has 0 bridgehead atoms. The number of nitrogens with zero attached hydrogens (tertiary/aromatic N) is 2. The highest BCUT2D eigenvalue weighted by Crippen LogP contribution is 2.45. The van der Waals surface area contributed by atoms with E-state index in [1.54, 1.807) is 11.3 Å². The Balaban J connectivity index is 1.39. The Morgan fingerprint density at radius 3 is 2.62 bits per heavy atom. The maximum absolute atomic E-state index is 12.8. The Morgan fingerprint density at radius 1 is 1.08 bits per heavy atom. The lowest BCUT2D eigenvalue weighted by molar-refractivity contribution is -0.134. The Hall–Kier alpha value is -0.870. The summed E-state index contributed by atoms with van der Waals surface area (Å²) in [5.74, 6) is 2.04. The number of rotatable bonds is 3. The van der Waals surface area contributed by atoms with Crippen LogP contribution < -0.4 is 0 Å². The van der Waals surface area contributed by atoms with Crippen LogP contribution in [-0.2, 0) is 4.79 Å². The van der Waals surface area contributed by atoms with Gasteiger partial charge in [-0.25, -0.2) is 0 Å². The molecule has 1 aromatic rings. The van der Waals surface area contributed by atoms with E-state index in [-0.39, 0.29) is 0 Å². The van der Waals surface area contributed by atoms with Crippen molar-refractivity contribution in [3.05, 3.63) is 22.4 Å². The van der Waals surface area contributed by atoms with E-state index in [1.807, 2.05) is 0 Å². The number of fused-ring (bicyclic) bond motifs is 1. The van der Waals surface area contributed by atoms with E-state index in [9.17, 15) is 4.79 Å². The average molecular weight is 345 g/mol. The molecule has 5 rings (SSSR count). The van der Waals surface area contributed by atoms with Crippen molar-refractivity contribution in [2.75, 3.05) is 19.6 Å². The molecular formula is C20H28N2OS. The molecule has 130 valence electrons. The van der Waals surface area contributed by atoms with Gasteiger partial charge >= 0.3 is 0 Å². The van der Waals surface area contributed by atoms with Crippen LogP contribution in [0.2, 0.25) is 0 Å². The van der Waals surface area contributed by atoms with Crippen LogP contribution in [0.25, 0.3) is 0 Å². The number of piperidine rings is 1. The third kappa shape index (κ3) is 2.62. The van der Waals surface area contributed by atoms with Gasteiger partial charge < -0.3 is 4.90 Å². The minimum Gasteiger partial charge on any atom is -0.338 e. The topological polar surface area (TPSA) is 23.6 Å². The molecule has 0 unspecified atom stereocenters. The Labute approximate surface area is 149 Å². The summed E-state index contributed by atoms with van der Waals surface area (Å²) in [4.78, 5) is 17.9. The first kappa shape index (κ1) is 15.4. The quantitative estimate of drug-likeness (QED) is 0.834. The van der Waals surface area contributed by atoms with Crippen LogP contribution in [0.4, 0.5) is 0 Å². The van der Waals surface area contributed by atoms with Crippen molar-refractivity contribution in [3.63, 3.8) is 0 Å². The molecule has 2 saturated carbocycles. The molecule has 0 aromatic carbocycles. The molecule has 0 spiro atoms. The lowest BCUT2D eigenvalue weighted by Gasteiger charge is -2.41. The summed E-state index contributed by atoms with van der Waals surface area (Å²) < 4.78 is 0. The van der Waals surface area contributed by atoms with Crippen molar-refractivity contribution in [2.45, 2.75) is 62.9 Å². The zero-order chi connectivity index (χ0) is 16.1. The first-order chi connectivity index (χ1) is 11.8. The van der Waals surface area contributed by atoms with E-state index in [2.05, 4.69) is 26.6 Å². The van der Waals surface area contributed by atoms with Crippen molar-refractivity contribution in [3.8, 4) is 0 Å². The van der Waals surface area contributed by atoms with Crippen molar-refractivity contribution in [2.24, 2.45) is 11.8 Å². The van der Waals surface area contributed by atoms with E-state index < -0.39 is 0 Å². The molecule has 4 aliphatic rings. The smallest absolute Gasteiger partial charge is 0.225 e.